The number of hydrogen-bond acceptors (Lipinski definition) is 5. The van der Waals surface area contributed by atoms with E-state index in [0.717, 1.165) is 38.2 Å². The second-order valence-electron chi connectivity index (χ2n) is 6.52. The molecule has 1 aromatic heterocycles. The molecule has 0 radical (unpaired) electrons. The zero-order chi connectivity index (χ0) is 19.4. The number of anilines is 3. The van der Waals surface area contributed by atoms with Gasteiger partial charge in [0.25, 0.3) is 5.91 Å². The Hall–Kier alpha value is -2.84. The monoisotopic (exact) mass is 379 g/mol. The zero-order valence-electron chi connectivity index (χ0n) is 14.5. The van der Waals surface area contributed by atoms with Crippen LogP contribution in [0.25, 0.3) is 0 Å². The number of rotatable bonds is 4. The number of carbonyl (C=O) groups is 1. The van der Waals surface area contributed by atoms with Crippen molar-refractivity contribution in [3.8, 4) is 0 Å². The SMILES string of the molecule is Nc1cccc(C(=O)Nc2cc(C(F)(F)F)nc(NC3CCCCC3)n2)c1. The summed E-state index contributed by atoms with van der Waals surface area (Å²) in [5.74, 6) is -0.958. The Morgan fingerprint density at radius 1 is 1.11 bits per heavy atom. The maximum Gasteiger partial charge on any atom is 0.433 e. The molecule has 6 nitrogen and oxygen atoms in total. The molecule has 1 aromatic carbocycles. The molecule has 9 heteroatoms. The number of carbonyl (C=O) groups excluding carboxylic acids is 1. The van der Waals surface area contributed by atoms with E-state index in [-0.39, 0.29) is 23.4 Å². The van der Waals surface area contributed by atoms with Crippen molar-refractivity contribution in [2.75, 3.05) is 16.4 Å². The topological polar surface area (TPSA) is 92.9 Å². The van der Waals surface area contributed by atoms with E-state index in [1.807, 2.05) is 0 Å². The fourth-order valence-electron chi connectivity index (χ4n) is 3.02. The number of nitrogen functional groups attached to an aromatic ring is 1. The summed E-state index contributed by atoms with van der Waals surface area (Å²) in [6.07, 6.45) is 0.187. The lowest BCUT2D eigenvalue weighted by molar-refractivity contribution is -0.141. The number of nitrogens with zero attached hydrogens (tertiary/aromatic N) is 2. The summed E-state index contributed by atoms with van der Waals surface area (Å²) in [5, 5.41) is 5.35. The second-order valence-corrected chi connectivity index (χ2v) is 6.52. The van der Waals surface area contributed by atoms with Crippen LogP contribution in [0.1, 0.15) is 48.2 Å². The molecule has 4 N–H and O–H groups in total. The first kappa shape index (κ1) is 18.9. The van der Waals surface area contributed by atoms with Gasteiger partial charge in [-0.3, -0.25) is 4.79 Å². The molecule has 27 heavy (non-hydrogen) atoms. The van der Waals surface area contributed by atoms with Gasteiger partial charge in [0.15, 0.2) is 5.69 Å². The maximum atomic E-state index is 13.2. The average Bonchev–Trinajstić information content (AvgIpc) is 2.61. The van der Waals surface area contributed by atoms with Gasteiger partial charge in [-0.2, -0.15) is 18.2 Å². The smallest absolute Gasteiger partial charge is 0.399 e. The zero-order valence-corrected chi connectivity index (χ0v) is 14.5. The van der Waals surface area contributed by atoms with Crippen molar-refractivity contribution in [1.29, 1.82) is 0 Å². The fourth-order valence-corrected chi connectivity index (χ4v) is 3.02. The lowest BCUT2D eigenvalue weighted by Crippen LogP contribution is -2.25. The molecular formula is C18H20F3N5O. The summed E-state index contributed by atoms with van der Waals surface area (Å²) < 4.78 is 39.6. The molecule has 0 atom stereocenters. The lowest BCUT2D eigenvalue weighted by Gasteiger charge is -2.23. The van der Waals surface area contributed by atoms with Crippen molar-refractivity contribution in [3.63, 3.8) is 0 Å². The predicted octanol–water partition coefficient (Wildman–Crippen LogP) is 4.07. The summed E-state index contributed by atoms with van der Waals surface area (Å²) in [6, 6.07) is 6.88. The van der Waals surface area contributed by atoms with Crippen LogP contribution in [0.3, 0.4) is 0 Å². The first-order chi connectivity index (χ1) is 12.8. The molecule has 0 saturated heterocycles. The average molecular weight is 379 g/mol. The van der Waals surface area contributed by atoms with Crippen molar-refractivity contribution in [1.82, 2.24) is 9.97 Å². The standard InChI is InChI=1S/C18H20F3N5O/c19-18(20,21)14-10-15(25-16(27)11-5-4-6-12(22)9-11)26-17(24-14)23-13-7-2-1-3-8-13/h4-6,9-10,13H,1-3,7-8,22H2,(H2,23,24,25,26,27). The molecular weight excluding hydrogens is 359 g/mol. The highest BCUT2D eigenvalue weighted by molar-refractivity contribution is 6.04. The normalized spacial score (nSPS) is 15.4. The van der Waals surface area contributed by atoms with E-state index in [0.29, 0.717) is 5.69 Å². The highest BCUT2D eigenvalue weighted by atomic mass is 19.4. The van der Waals surface area contributed by atoms with Gasteiger partial charge in [0, 0.05) is 23.4 Å². The van der Waals surface area contributed by atoms with Crippen molar-refractivity contribution >= 4 is 23.4 Å². The van der Waals surface area contributed by atoms with E-state index >= 15 is 0 Å². The van der Waals surface area contributed by atoms with Crippen LogP contribution in [-0.2, 0) is 6.18 Å². The fraction of sp³-hybridized carbons (Fsp3) is 0.389. The van der Waals surface area contributed by atoms with Crippen LogP contribution in [0.2, 0.25) is 0 Å². The van der Waals surface area contributed by atoms with Gasteiger partial charge >= 0.3 is 6.18 Å². The van der Waals surface area contributed by atoms with Crippen LogP contribution >= 0.6 is 0 Å². The molecule has 1 saturated carbocycles. The third-order valence-corrected chi connectivity index (χ3v) is 4.35. The van der Waals surface area contributed by atoms with E-state index in [4.69, 9.17) is 5.73 Å². The molecule has 1 fully saturated rings. The minimum absolute atomic E-state index is 0.0275. The van der Waals surface area contributed by atoms with Crippen LogP contribution in [-0.4, -0.2) is 21.9 Å². The molecule has 1 aliphatic rings. The van der Waals surface area contributed by atoms with Gasteiger partial charge in [-0.25, -0.2) is 4.98 Å². The quantitative estimate of drug-likeness (QED) is 0.696. The number of halogens is 3. The summed E-state index contributed by atoms with van der Waals surface area (Å²) in [7, 11) is 0. The Morgan fingerprint density at radius 2 is 1.85 bits per heavy atom. The molecule has 144 valence electrons. The Balaban J connectivity index is 1.84. The second kappa shape index (κ2) is 7.81. The molecule has 0 spiro atoms. The molecule has 0 bridgehead atoms. The summed E-state index contributed by atoms with van der Waals surface area (Å²) in [5.41, 5.74) is 5.12. The Bertz CT molecular complexity index is 819. The number of aromatic nitrogens is 2. The largest absolute Gasteiger partial charge is 0.433 e. The van der Waals surface area contributed by atoms with Crippen LogP contribution in [0.4, 0.5) is 30.6 Å². The van der Waals surface area contributed by atoms with E-state index < -0.39 is 17.8 Å². The van der Waals surface area contributed by atoms with Gasteiger partial charge in [0.1, 0.15) is 5.82 Å². The third-order valence-electron chi connectivity index (χ3n) is 4.35. The van der Waals surface area contributed by atoms with Gasteiger partial charge in [-0.05, 0) is 31.0 Å². The molecule has 1 heterocycles. The molecule has 0 aliphatic heterocycles. The van der Waals surface area contributed by atoms with E-state index in [9.17, 15) is 18.0 Å². The van der Waals surface area contributed by atoms with E-state index in [2.05, 4.69) is 20.6 Å². The molecule has 2 aromatic rings. The summed E-state index contributed by atoms with van der Waals surface area (Å²) >= 11 is 0. The van der Waals surface area contributed by atoms with Crippen molar-refractivity contribution < 1.29 is 18.0 Å². The van der Waals surface area contributed by atoms with Crippen molar-refractivity contribution in [3.05, 3.63) is 41.6 Å². The van der Waals surface area contributed by atoms with Gasteiger partial charge in [-0.15, -0.1) is 0 Å². The summed E-state index contributed by atoms with van der Waals surface area (Å²) in [4.78, 5) is 19.9. The van der Waals surface area contributed by atoms with Crippen LogP contribution in [0, 0.1) is 0 Å². The highest BCUT2D eigenvalue weighted by Gasteiger charge is 2.34. The molecule has 1 aliphatic carbocycles. The van der Waals surface area contributed by atoms with Crippen molar-refractivity contribution in [2.45, 2.75) is 44.3 Å². The van der Waals surface area contributed by atoms with Crippen LogP contribution in [0.5, 0.6) is 0 Å². The highest BCUT2D eigenvalue weighted by Crippen LogP contribution is 2.30. The van der Waals surface area contributed by atoms with E-state index in [1.165, 1.54) is 12.1 Å². The molecule has 1 amide bonds. The number of amides is 1. The van der Waals surface area contributed by atoms with Crippen molar-refractivity contribution in [2.24, 2.45) is 0 Å². The van der Waals surface area contributed by atoms with Gasteiger partial charge in [-0.1, -0.05) is 25.3 Å². The first-order valence-electron chi connectivity index (χ1n) is 8.71. The Kier molecular flexibility index (Phi) is 5.48. The minimum atomic E-state index is -4.65. The number of nitrogens with one attached hydrogen (secondary N) is 2. The summed E-state index contributed by atoms with van der Waals surface area (Å²) in [6.45, 7) is 0. The number of nitrogens with two attached hydrogens (primary N) is 1. The Labute approximate surface area is 154 Å². The maximum absolute atomic E-state index is 13.2. The van der Waals surface area contributed by atoms with Crippen LogP contribution in [0.15, 0.2) is 30.3 Å². The predicted molar refractivity (Wildman–Crippen MR) is 96.3 cm³/mol. The number of benzene rings is 1. The first-order valence-corrected chi connectivity index (χ1v) is 8.71. The molecule has 3 rings (SSSR count). The van der Waals surface area contributed by atoms with Gasteiger partial charge in [0.05, 0.1) is 0 Å². The minimum Gasteiger partial charge on any atom is -0.399 e. The van der Waals surface area contributed by atoms with Crippen LogP contribution < -0.4 is 16.4 Å². The van der Waals surface area contributed by atoms with E-state index in [1.54, 1.807) is 12.1 Å². The lowest BCUT2D eigenvalue weighted by atomic mass is 9.96. The number of alkyl halides is 3. The molecule has 0 unspecified atom stereocenters. The van der Waals surface area contributed by atoms with Gasteiger partial charge in [0.2, 0.25) is 5.95 Å². The number of hydrogen-bond donors (Lipinski definition) is 3. The third kappa shape index (κ3) is 5.08. The van der Waals surface area contributed by atoms with Gasteiger partial charge < -0.3 is 16.4 Å². The Morgan fingerprint density at radius 3 is 2.52 bits per heavy atom.